The number of esters is 1. The first-order valence-electron chi connectivity index (χ1n) is 11.0. The number of aromatic amines is 1. The average Bonchev–Trinajstić information content (AvgIpc) is 3.06. The summed E-state index contributed by atoms with van der Waals surface area (Å²) in [6.45, 7) is 10.3. The highest BCUT2D eigenvalue weighted by atomic mass is 16.5. The van der Waals surface area contributed by atoms with Crippen LogP contribution >= 0.6 is 0 Å². The molecule has 3 heterocycles. The second kappa shape index (κ2) is 10.4. The molecule has 8 heteroatoms. The number of hydrogen-bond acceptors (Lipinski definition) is 6. The zero-order valence-corrected chi connectivity index (χ0v) is 19.8. The van der Waals surface area contributed by atoms with Gasteiger partial charge < -0.3 is 14.3 Å². The van der Waals surface area contributed by atoms with Gasteiger partial charge in [-0.25, -0.2) is 4.98 Å². The summed E-state index contributed by atoms with van der Waals surface area (Å²) in [5.74, 6) is -0.0249. The first-order valence-corrected chi connectivity index (χ1v) is 11.0. The van der Waals surface area contributed by atoms with Gasteiger partial charge in [-0.3, -0.25) is 19.4 Å². The number of Topliss-reactive ketones (excluding diaryl/α,β-unsaturated/α-hetero) is 1. The molecule has 174 valence electrons. The summed E-state index contributed by atoms with van der Waals surface area (Å²) in [5.41, 5.74) is 3.15. The summed E-state index contributed by atoms with van der Waals surface area (Å²) in [5, 5.41) is 0. The van der Waals surface area contributed by atoms with Crippen LogP contribution in [0.2, 0.25) is 0 Å². The third-order valence-electron chi connectivity index (χ3n) is 5.62. The van der Waals surface area contributed by atoms with Crippen molar-refractivity contribution >= 4 is 11.8 Å². The minimum Gasteiger partial charge on any atom is -0.457 e. The van der Waals surface area contributed by atoms with Crippen molar-refractivity contribution in [2.75, 3.05) is 6.61 Å². The molecule has 0 aliphatic rings. The molecule has 0 amide bonds. The molecular weight excluding hydrogens is 420 g/mol. The summed E-state index contributed by atoms with van der Waals surface area (Å²) in [4.78, 5) is 48.8. The maximum absolute atomic E-state index is 12.7. The monoisotopic (exact) mass is 450 g/mol. The van der Waals surface area contributed by atoms with Crippen molar-refractivity contribution in [2.45, 2.75) is 54.0 Å². The molecule has 0 saturated carbocycles. The van der Waals surface area contributed by atoms with Gasteiger partial charge in [-0.1, -0.05) is 19.9 Å². The Kier molecular flexibility index (Phi) is 7.58. The highest BCUT2D eigenvalue weighted by Gasteiger charge is 2.19. The summed E-state index contributed by atoms with van der Waals surface area (Å²) < 4.78 is 7.32. The van der Waals surface area contributed by atoms with Crippen molar-refractivity contribution in [1.82, 2.24) is 19.5 Å². The molecule has 33 heavy (non-hydrogen) atoms. The molecule has 0 spiro atoms. The maximum atomic E-state index is 12.7. The van der Waals surface area contributed by atoms with Gasteiger partial charge in [-0.2, -0.15) is 0 Å². The summed E-state index contributed by atoms with van der Waals surface area (Å²) >= 11 is 0. The minimum atomic E-state index is -0.655. The molecule has 0 fully saturated rings. The van der Waals surface area contributed by atoms with Crippen molar-refractivity contribution in [2.24, 2.45) is 5.92 Å². The van der Waals surface area contributed by atoms with Crippen molar-refractivity contribution < 1.29 is 14.3 Å². The number of nitrogens with zero attached hydrogens (tertiary/aromatic N) is 3. The van der Waals surface area contributed by atoms with E-state index in [2.05, 4.69) is 33.4 Å². The molecule has 1 N–H and O–H groups in total. The largest absolute Gasteiger partial charge is 0.457 e. The van der Waals surface area contributed by atoms with Gasteiger partial charge in [-0.15, -0.1) is 0 Å². The molecule has 3 rings (SSSR count). The molecule has 0 atom stereocenters. The Labute approximate surface area is 193 Å². The number of aryl methyl sites for hydroxylation is 2. The summed E-state index contributed by atoms with van der Waals surface area (Å²) in [6.07, 6.45) is 2.35. The van der Waals surface area contributed by atoms with Gasteiger partial charge >= 0.3 is 5.97 Å². The Bertz CT molecular complexity index is 1210. The summed E-state index contributed by atoms with van der Waals surface area (Å²) in [6, 6.07) is 7.13. The van der Waals surface area contributed by atoms with Gasteiger partial charge in [0.15, 0.2) is 12.4 Å². The first kappa shape index (κ1) is 24.1. The number of nitrogens with one attached hydrogen (secondary N) is 1. The molecule has 3 aromatic rings. The van der Waals surface area contributed by atoms with Crippen LogP contribution < -0.4 is 5.56 Å². The number of rotatable bonds is 9. The topological polar surface area (TPSA) is 107 Å². The van der Waals surface area contributed by atoms with Gasteiger partial charge in [0, 0.05) is 41.0 Å². The lowest BCUT2D eigenvalue weighted by Crippen LogP contribution is -2.23. The van der Waals surface area contributed by atoms with Crippen LogP contribution in [0.15, 0.2) is 35.3 Å². The molecule has 0 aromatic carbocycles. The van der Waals surface area contributed by atoms with Crippen LogP contribution in [0.5, 0.6) is 0 Å². The standard InChI is InChI=1S/C25H30N4O4/c1-15(2)9-11-29-16(3)12-20(18(29)5)22(30)14-33-23(31)13-19-17(4)27-24(28-25(19)32)21-8-6-7-10-26-21/h6-8,10,12,15H,9,11,13-14H2,1-5H3,(H,27,28,32). The van der Waals surface area contributed by atoms with E-state index < -0.39 is 11.5 Å². The van der Waals surface area contributed by atoms with E-state index in [1.807, 2.05) is 19.9 Å². The number of ether oxygens (including phenoxy) is 1. The van der Waals surface area contributed by atoms with E-state index in [0.29, 0.717) is 28.7 Å². The molecule has 0 unspecified atom stereocenters. The molecule has 8 nitrogen and oxygen atoms in total. The third kappa shape index (κ3) is 5.83. The van der Waals surface area contributed by atoms with E-state index in [4.69, 9.17) is 4.74 Å². The van der Waals surface area contributed by atoms with E-state index in [0.717, 1.165) is 24.4 Å². The Morgan fingerprint density at radius 2 is 1.94 bits per heavy atom. The molecule has 0 bridgehead atoms. The fourth-order valence-electron chi connectivity index (χ4n) is 3.68. The van der Waals surface area contributed by atoms with E-state index in [-0.39, 0.29) is 24.4 Å². The second-order valence-electron chi connectivity index (χ2n) is 8.57. The maximum Gasteiger partial charge on any atom is 0.310 e. The van der Waals surface area contributed by atoms with E-state index in [9.17, 15) is 14.4 Å². The van der Waals surface area contributed by atoms with Crippen LogP contribution in [-0.4, -0.2) is 37.9 Å². The quantitative estimate of drug-likeness (QED) is 0.394. The number of carbonyl (C=O) groups excluding carboxylic acids is 2. The summed E-state index contributed by atoms with van der Waals surface area (Å²) in [7, 11) is 0. The van der Waals surface area contributed by atoms with Crippen LogP contribution in [-0.2, 0) is 22.5 Å². The van der Waals surface area contributed by atoms with Crippen molar-refractivity contribution in [3.63, 3.8) is 0 Å². The Hall–Kier alpha value is -3.55. The lowest BCUT2D eigenvalue weighted by molar-refractivity contribution is -0.141. The van der Waals surface area contributed by atoms with E-state index in [1.165, 1.54) is 0 Å². The fraction of sp³-hybridized carbons (Fsp3) is 0.400. The predicted molar refractivity (Wildman–Crippen MR) is 125 cm³/mol. The molecule has 3 aromatic heterocycles. The Morgan fingerprint density at radius 3 is 2.58 bits per heavy atom. The zero-order valence-electron chi connectivity index (χ0n) is 19.8. The first-order chi connectivity index (χ1) is 15.7. The SMILES string of the molecule is Cc1nc(-c2ccccn2)[nH]c(=O)c1CC(=O)OCC(=O)c1cc(C)n(CCC(C)C)c1C. The number of hydrogen-bond donors (Lipinski definition) is 1. The van der Waals surface area contributed by atoms with Gasteiger partial charge in [0.2, 0.25) is 5.78 Å². The van der Waals surface area contributed by atoms with Gasteiger partial charge in [0.1, 0.15) is 5.69 Å². The normalized spacial score (nSPS) is 11.1. The van der Waals surface area contributed by atoms with Gasteiger partial charge in [-0.05, 0) is 51.3 Å². The van der Waals surface area contributed by atoms with Crippen LogP contribution in [0.4, 0.5) is 0 Å². The third-order valence-corrected chi connectivity index (χ3v) is 5.62. The van der Waals surface area contributed by atoms with E-state index >= 15 is 0 Å². The molecule has 0 aliphatic carbocycles. The predicted octanol–water partition coefficient (Wildman–Crippen LogP) is 3.57. The molecule has 0 radical (unpaired) electrons. The fourth-order valence-corrected chi connectivity index (χ4v) is 3.68. The van der Waals surface area contributed by atoms with Crippen LogP contribution in [0.1, 0.15) is 53.3 Å². The number of carbonyl (C=O) groups is 2. The average molecular weight is 451 g/mol. The van der Waals surface area contributed by atoms with E-state index in [1.54, 1.807) is 31.3 Å². The van der Waals surface area contributed by atoms with Crippen molar-refractivity contribution in [1.29, 1.82) is 0 Å². The second-order valence-corrected chi connectivity index (χ2v) is 8.57. The highest BCUT2D eigenvalue weighted by Crippen LogP contribution is 2.18. The van der Waals surface area contributed by atoms with Crippen LogP contribution in [0.3, 0.4) is 0 Å². The van der Waals surface area contributed by atoms with Gasteiger partial charge in [0.25, 0.3) is 5.56 Å². The molecule has 0 saturated heterocycles. The molecular formula is C25H30N4O4. The minimum absolute atomic E-state index is 0.207. The van der Waals surface area contributed by atoms with Crippen molar-refractivity contribution in [3.8, 4) is 11.5 Å². The zero-order chi connectivity index (χ0) is 24.1. The smallest absolute Gasteiger partial charge is 0.310 e. The Morgan fingerprint density at radius 1 is 1.18 bits per heavy atom. The number of H-pyrrole nitrogens is 1. The number of ketones is 1. The van der Waals surface area contributed by atoms with Crippen LogP contribution in [0, 0.1) is 26.7 Å². The number of pyridine rings is 1. The lowest BCUT2D eigenvalue weighted by atomic mass is 10.1. The highest BCUT2D eigenvalue weighted by molar-refractivity contribution is 5.99. The van der Waals surface area contributed by atoms with Crippen LogP contribution in [0.25, 0.3) is 11.5 Å². The number of aromatic nitrogens is 4. The lowest BCUT2D eigenvalue weighted by Gasteiger charge is -2.11. The molecule has 0 aliphatic heterocycles. The van der Waals surface area contributed by atoms with Crippen molar-refractivity contribution in [3.05, 3.63) is 69.0 Å². The van der Waals surface area contributed by atoms with Gasteiger partial charge in [0.05, 0.1) is 6.42 Å². The Balaban J connectivity index is 1.65.